The van der Waals surface area contributed by atoms with Crippen LogP contribution in [0.15, 0.2) is 42.5 Å². The Morgan fingerprint density at radius 3 is 2.58 bits per heavy atom. The highest BCUT2D eigenvalue weighted by Crippen LogP contribution is 2.33. The van der Waals surface area contributed by atoms with Gasteiger partial charge in [-0.3, -0.25) is 4.79 Å². The van der Waals surface area contributed by atoms with Gasteiger partial charge in [0.05, 0.1) is 18.5 Å². The molecule has 19 heavy (non-hydrogen) atoms. The Morgan fingerprint density at radius 2 is 1.89 bits per heavy atom. The fourth-order valence-corrected chi connectivity index (χ4v) is 1.96. The number of methoxy groups -OCH3 is 1. The van der Waals surface area contributed by atoms with Crippen molar-refractivity contribution in [3.05, 3.63) is 53.8 Å². The van der Waals surface area contributed by atoms with Crippen LogP contribution in [0, 0.1) is 5.82 Å². The molecular weight excluding hydrogens is 245 g/mol. The number of ether oxygens (including phenoxy) is 1. The molecule has 2 rings (SSSR count). The molecule has 0 amide bonds. The average Bonchev–Trinajstić information content (AvgIpc) is 2.46. The van der Waals surface area contributed by atoms with Gasteiger partial charge in [0.2, 0.25) is 0 Å². The summed E-state index contributed by atoms with van der Waals surface area (Å²) in [7, 11) is 3.38. The second-order valence-corrected chi connectivity index (χ2v) is 4.05. The fourth-order valence-electron chi connectivity index (χ4n) is 1.96. The number of carbonyl (C=O) groups excluding carboxylic acids is 1. The number of benzene rings is 2. The van der Waals surface area contributed by atoms with Crippen LogP contribution in [0.5, 0.6) is 5.75 Å². The zero-order chi connectivity index (χ0) is 13.8. The van der Waals surface area contributed by atoms with E-state index in [0.717, 1.165) is 5.69 Å². The lowest BCUT2D eigenvalue weighted by atomic mass is 10.1. The Kier molecular flexibility index (Phi) is 3.80. The molecule has 0 aliphatic carbocycles. The molecule has 2 aromatic carbocycles. The van der Waals surface area contributed by atoms with E-state index in [4.69, 9.17) is 4.74 Å². The molecule has 0 aliphatic heterocycles. The molecule has 0 heterocycles. The third kappa shape index (κ3) is 2.57. The van der Waals surface area contributed by atoms with Crippen LogP contribution < -0.4 is 9.64 Å². The predicted octanol–water partition coefficient (Wildman–Crippen LogP) is 3.41. The third-order valence-electron chi connectivity index (χ3n) is 2.92. The van der Waals surface area contributed by atoms with Gasteiger partial charge < -0.3 is 9.64 Å². The second kappa shape index (κ2) is 5.52. The van der Waals surface area contributed by atoms with Crippen molar-refractivity contribution in [2.24, 2.45) is 0 Å². The maximum absolute atomic E-state index is 13.1. The van der Waals surface area contributed by atoms with Crippen molar-refractivity contribution in [3.63, 3.8) is 0 Å². The van der Waals surface area contributed by atoms with Gasteiger partial charge in [0.15, 0.2) is 6.29 Å². The van der Waals surface area contributed by atoms with Crippen LogP contribution in [0.3, 0.4) is 0 Å². The molecule has 0 aromatic heterocycles. The quantitative estimate of drug-likeness (QED) is 0.788. The van der Waals surface area contributed by atoms with Gasteiger partial charge in [-0.25, -0.2) is 4.39 Å². The van der Waals surface area contributed by atoms with Crippen LogP contribution in [0.2, 0.25) is 0 Å². The smallest absolute Gasteiger partial charge is 0.152 e. The largest absolute Gasteiger partial charge is 0.495 e. The molecule has 0 radical (unpaired) electrons. The van der Waals surface area contributed by atoms with E-state index in [1.54, 1.807) is 25.1 Å². The summed E-state index contributed by atoms with van der Waals surface area (Å²) >= 11 is 0. The van der Waals surface area contributed by atoms with Crippen LogP contribution in [-0.4, -0.2) is 20.4 Å². The van der Waals surface area contributed by atoms with E-state index in [9.17, 15) is 9.18 Å². The minimum atomic E-state index is -0.431. The Labute approximate surface area is 111 Å². The molecule has 0 atom stereocenters. The number of carbonyl (C=O) groups is 1. The molecule has 0 saturated carbocycles. The zero-order valence-corrected chi connectivity index (χ0v) is 10.8. The van der Waals surface area contributed by atoms with Crippen molar-refractivity contribution in [2.45, 2.75) is 0 Å². The lowest BCUT2D eigenvalue weighted by Gasteiger charge is -2.23. The standard InChI is InChI=1S/C15H14FNO2/c1-17(14-5-3-4-6-15(14)19-2)13-8-7-12(16)9-11(13)10-18/h3-10H,1-2H3. The lowest BCUT2D eigenvalue weighted by Crippen LogP contribution is -2.12. The molecule has 0 spiro atoms. The van der Waals surface area contributed by atoms with E-state index in [1.165, 1.54) is 12.1 Å². The molecule has 2 aromatic rings. The van der Waals surface area contributed by atoms with Gasteiger partial charge in [-0.05, 0) is 30.3 Å². The first kappa shape index (κ1) is 13.1. The monoisotopic (exact) mass is 259 g/mol. The molecule has 0 saturated heterocycles. The van der Waals surface area contributed by atoms with Gasteiger partial charge in [0.25, 0.3) is 0 Å². The SMILES string of the molecule is COc1ccccc1N(C)c1ccc(F)cc1C=O. The van der Waals surface area contributed by atoms with Crippen LogP contribution in [0.25, 0.3) is 0 Å². The summed E-state index contributed by atoms with van der Waals surface area (Å²) in [6, 6.07) is 11.6. The Balaban J connectivity index is 2.49. The van der Waals surface area contributed by atoms with Crippen molar-refractivity contribution in [3.8, 4) is 5.75 Å². The Hall–Kier alpha value is -2.36. The molecule has 0 unspecified atom stereocenters. The molecule has 0 fully saturated rings. The summed E-state index contributed by atoms with van der Waals surface area (Å²) < 4.78 is 18.4. The highest BCUT2D eigenvalue weighted by atomic mass is 19.1. The normalized spacial score (nSPS) is 10.1. The van der Waals surface area contributed by atoms with Crippen LogP contribution in [0.1, 0.15) is 10.4 Å². The van der Waals surface area contributed by atoms with E-state index < -0.39 is 5.82 Å². The highest BCUT2D eigenvalue weighted by molar-refractivity contribution is 5.87. The van der Waals surface area contributed by atoms with E-state index in [0.29, 0.717) is 23.3 Å². The summed E-state index contributed by atoms with van der Waals surface area (Å²) in [4.78, 5) is 12.8. The molecule has 0 aliphatic rings. The minimum absolute atomic E-state index is 0.299. The van der Waals surface area contributed by atoms with E-state index in [-0.39, 0.29) is 0 Å². The van der Waals surface area contributed by atoms with Crippen LogP contribution in [0.4, 0.5) is 15.8 Å². The first-order chi connectivity index (χ1) is 9.17. The lowest BCUT2D eigenvalue weighted by molar-refractivity contribution is 0.112. The second-order valence-electron chi connectivity index (χ2n) is 4.05. The van der Waals surface area contributed by atoms with E-state index in [1.807, 2.05) is 24.3 Å². The third-order valence-corrected chi connectivity index (χ3v) is 2.92. The Bertz CT molecular complexity index is 598. The van der Waals surface area contributed by atoms with Crippen molar-refractivity contribution in [1.82, 2.24) is 0 Å². The van der Waals surface area contributed by atoms with Gasteiger partial charge in [0.1, 0.15) is 11.6 Å². The number of aldehydes is 1. The Morgan fingerprint density at radius 1 is 1.16 bits per heavy atom. The summed E-state index contributed by atoms with van der Waals surface area (Å²) in [6.07, 6.45) is 0.643. The van der Waals surface area contributed by atoms with Gasteiger partial charge >= 0.3 is 0 Å². The van der Waals surface area contributed by atoms with Crippen molar-refractivity contribution in [2.75, 3.05) is 19.1 Å². The predicted molar refractivity (Wildman–Crippen MR) is 72.8 cm³/mol. The average molecular weight is 259 g/mol. The van der Waals surface area contributed by atoms with Crippen molar-refractivity contribution >= 4 is 17.7 Å². The molecule has 98 valence electrons. The summed E-state index contributed by atoms with van der Waals surface area (Å²) in [6.45, 7) is 0. The maximum Gasteiger partial charge on any atom is 0.152 e. The summed E-state index contributed by atoms with van der Waals surface area (Å²) in [5.74, 6) is 0.255. The molecule has 0 bridgehead atoms. The maximum atomic E-state index is 13.1. The van der Waals surface area contributed by atoms with Gasteiger partial charge in [-0.2, -0.15) is 0 Å². The first-order valence-corrected chi connectivity index (χ1v) is 5.79. The summed E-state index contributed by atoms with van der Waals surface area (Å²) in [5.41, 5.74) is 1.73. The van der Waals surface area contributed by atoms with Gasteiger partial charge in [-0.15, -0.1) is 0 Å². The summed E-state index contributed by atoms with van der Waals surface area (Å²) in [5, 5.41) is 0. The van der Waals surface area contributed by atoms with Gasteiger partial charge in [0, 0.05) is 12.6 Å². The first-order valence-electron chi connectivity index (χ1n) is 5.79. The number of anilines is 2. The van der Waals surface area contributed by atoms with Gasteiger partial charge in [-0.1, -0.05) is 12.1 Å². The highest BCUT2D eigenvalue weighted by Gasteiger charge is 2.13. The number of para-hydroxylation sites is 2. The minimum Gasteiger partial charge on any atom is -0.495 e. The number of hydrogen-bond donors (Lipinski definition) is 0. The fraction of sp³-hybridized carbons (Fsp3) is 0.133. The topological polar surface area (TPSA) is 29.5 Å². The molecule has 4 heteroatoms. The molecule has 3 nitrogen and oxygen atoms in total. The number of rotatable bonds is 4. The van der Waals surface area contributed by atoms with E-state index >= 15 is 0 Å². The van der Waals surface area contributed by atoms with Crippen LogP contribution in [-0.2, 0) is 0 Å². The molecular formula is C15H14FNO2. The number of hydrogen-bond acceptors (Lipinski definition) is 3. The van der Waals surface area contributed by atoms with E-state index in [2.05, 4.69) is 0 Å². The number of nitrogens with zero attached hydrogens (tertiary/aromatic N) is 1. The van der Waals surface area contributed by atoms with Crippen molar-refractivity contribution in [1.29, 1.82) is 0 Å². The van der Waals surface area contributed by atoms with Crippen LogP contribution >= 0.6 is 0 Å². The molecule has 0 N–H and O–H groups in total. The zero-order valence-electron chi connectivity index (χ0n) is 10.8. The number of halogens is 1. The van der Waals surface area contributed by atoms with Crippen molar-refractivity contribution < 1.29 is 13.9 Å².